The molecular weight excluding hydrogens is 485 g/mol. The standard InChI is InChI=1S/C21H26N4O4.C2HF3O2/c1-13(22-2)19(26)23-15-10-12-29-18-8-7-17(25(18)20(15)27)21(28)24-11-9-14-5-3-4-6-16(14)24;3-2(4,5)1(6)7/h3-6,9,11,13,15,17-18,22H,7-8,10,12H2,1-2H3,(H,23,26);(H,6,7)/t13-,15-,17-,18-;/m0./s1. The first-order chi connectivity index (χ1) is 17.0. The normalized spacial score (nSPS) is 22.8. The highest BCUT2D eigenvalue weighted by molar-refractivity contribution is 5.98. The molecule has 3 N–H and O–H groups in total. The number of aliphatic carboxylic acids is 1. The van der Waals surface area contributed by atoms with Crippen molar-refractivity contribution in [2.24, 2.45) is 0 Å². The third kappa shape index (κ3) is 5.85. The molecule has 2 aromatic rings. The molecule has 2 saturated heterocycles. The van der Waals surface area contributed by atoms with Crippen LogP contribution in [-0.4, -0.2) is 82.4 Å². The highest BCUT2D eigenvalue weighted by Gasteiger charge is 2.46. The lowest BCUT2D eigenvalue weighted by Gasteiger charge is -2.30. The molecule has 13 heteroatoms. The van der Waals surface area contributed by atoms with Crippen LogP contribution in [0.4, 0.5) is 13.2 Å². The van der Waals surface area contributed by atoms with Gasteiger partial charge in [0.25, 0.3) is 5.91 Å². The van der Waals surface area contributed by atoms with Gasteiger partial charge in [-0.2, -0.15) is 13.2 Å². The summed E-state index contributed by atoms with van der Waals surface area (Å²) in [5.74, 6) is -3.41. The number of halogens is 3. The summed E-state index contributed by atoms with van der Waals surface area (Å²) < 4.78 is 39.2. The van der Waals surface area contributed by atoms with Crippen LogP contribution in [0.15, 0.2) is 36.5 Å². The second-order valence-corrected chi connectivity index (χ2v) is 8.41. The fourth-order valence-electron chi connectivity index (χ4n) is 4.10. The van der Waals surface area contributed by atoms with E-state index in [1.165, 1.54) is 0 Å². The van der Waals surface area contributed by atoms with Crippen LogP contribution in [0.1, 0.15) is 31.0 Å². The molecule has 2 fully saturated rings. The van der Waals surface area contributed by atoms with Crippen molar-refractivity contribution in [3.8, 4) is 0 Å². The number of ether oxygens (including phenoxy) is 1. The number of rotatable bonds is 4. The minimum atomic E-state index is -5.08. The lowest BCUT2D eigenvalue weighted by Crippen LogP contribution is -2.55. The Morgan fingerprint density at radius 2 is 1.81 bits per heavy atom. The number of para-hydroxylation sites is 1. The molecule has 1 aromatic heterocycles. The van der Waals surface area contributed by atoms with Crippen LogP contribution in [0.5, 0.6) is 0 Å². The average molecular weight is 512 g/mol. The maximum absolute atomic E-state index is 13.3. The molecule has 0 saturated carbocycles. The summed E-state index contributed by atoms with van der Waals surface area (Å²) in [7, 11) is 1.69. The average Bonchev–Trinajstić information content (AvgIpc) is 3.42. The number of aromatic nitrogens is 1. The van der Waals surface area contributed by atoms with Gasteiger partial charge in [-0.05, 0) is 38.9 Å². The van der Waals surface area contributed by atoms with Crippen molar-refractivity contribution in [3.63, 3.8) is 0 Å². The molecule has 0 bridgehead atoms. The van der Waals surface area contributed by atoms with Gasteiger partial charge in [0.15, 0.2) is 0 Å². The van der Waals surface area contributed by atoms with E-state index in [1.807, 2.05) is 30.3 Å². The maximum Gasteiger partial charge on any atom is 0.490 e. The van der Waals surface area contributed by atoms with E-state index >= 15 is 0 Å². The number of carboxylic acid groups (broad SMARTS) is 1. The highest BCUT2D eigenvalue weighted by Crippen LogP contribution is 2.30. The van der Waals surface area contributed by atoms with Crippen LogP contribution in [-0.2, 0) is 19.1 Å². The summed E-state index contributed by atoms with van der Waals surface area (Å²) in [6, 6.07) is 7.83. The van der Waals surface area contributed by atoms with Gasteiger partial charge in [0.2, 0.25) is 11.8 Å². The number of hydrogen-bond acceptors (Lipinski definition) is 6. The van der Waals surface area contributed by atoms with Gasteiger partial charge >= 0.3 is 12.1 Å². The fourth-order valence-corrected chi connectivity index (χ4v) is 4.10. The van der Waals surface area contributed by atoms with Gasteiger partial charge in [0.1, 0.15) is 18.3 Å². The molecule has 4 atom stereocenters. The molecule has 196 valence electrons. The molecule has 0 unspecified atom stereocenters. The van der Waals surface area contributed by atoms with Crippen molar-refractivity contribution in [1.29, 1.82) is 0 Å². The van der Waals surface area contributed by atoms with Gasteiger partial charge in [-0.3, -0.25) is 19.0 Å². The van der Waals surface area contributed by atoms with E-state index in [1.54, 1.807) is 29.6 Å². The van der Waals surface area contributed by atoms with Crippen molar-refractivity contribution < 1.29 is 42.2 Å². The van der Waals surface area contributed by atoms with Crippen LogP contribution in [0.25, 0.3) is 10.9 Å². The van der Waals surface area contributed by atoms with Crippen molar-refractivity contribution in [2.45, 2.75) is 56.7 Å². The van der Waals surface area contributed by atoms with Crippen LogP contribution < -0.4 is 10.6 Å². The smallest absolute Gasteiger partial charge is 0.475 e. The first-order valence-corrected chi connectivity index (χ1v) is 11.3. The molecule has 1 aromatic carbocycles. The number of amides is 2. The van der Waals surface area contributed by atoms with Crippen molar-refractivity contribution in [3.05, 3.63) is 36.5 Å². The molecule has 0 spiro atoms. The third-order valence-electron chi connectivity index (χ3n) is 6.11. The zero-order chi connectivity index (χ0) is 26.6. The summed E-state index contributed by atoms with van der Waals surface area (Å²) in [5, 5.41) is 13.8. The number of benzene rings is 1. The minimum Gasteiger partial charge on any atom is -0.475 e. The first kappa shape index (κ1) is 27.1. The quantitative estimate of drug-likeness (QED) is 0.569. The van der Waals surface area contributed by atoms with E-state index in [-0.39, 0.29) is 17.7 Å². The largest absolute Gasteiger partial charge is 0.490 e. The zero-order valence-corrected chi connectivity index (χ0v) is 19.6. The predicted molar refractivity (Wildman–Crippen MR) is 121 cm³/mol. The van der Waals surface area contributed by atoms with Crippen molar-refractivity contribution in [2.75, 3.05) is 13.7 Å². The first-order valence-electron chi connectivity index (χ1n) is 11.3. The summed E-state index contributed by atoms with van der Waals surface area (Å²) in [6.45, 7) is 2.09. The SMILES string of the molecule is CN[C@@H](C)C(=O)N[C@H]1CCO[C@H]2CC[C@@H](C(=O)n3ccc4ccccc43)N2C1=O.O=C(O)C(F)(F)F. The number of alkyl halides is 3. The van der Waals surface area contributed by atoms with Crippen LogP contribution in [0.2, 0.25) is 0 Å². The molecule has 4 rings (SSSR count). The topological polar surface area (TPSA) is 130 Å². The van der Waals surface area contributed by atoms with E-state index in [2.05, 4.69) is 10.6 Å². The molecular formula is C23H27F3N4O6. The molecule has 3 heterocycles. The number of carbonyl (C=O) groups is 4. The minimum absolute atomic E-state index is 0.152. The number of hydrogen-bond donors (Lipinski definition) is 3. The summed E-state index contributed by atoms with van der Waals surface area (Å²) in [5.41, 5.74) is 0.817. The molecule has 0 aliphatic carbocycles. The van der Waals surface area contributed by atoms with E-state index in [0.717, 1.165) is 10.9 Å². The van der Waals surface area contributed by atoms with E-state index in [0.29, 0.717) is 25.9 Å². The number of carboxylic acids is 1. The van der Waals surface area contributed by atoms with Gasteiger partial charge in [0.05, 0.1) is 18.2 Å². The van der Waals surface area contributed by atoms with E-state index < -0.39 is 36.5 Å². The van der Waals surface area contributed by atoms with Gasteiger partial charge in [0, 0.05) is 18.0 Å². The number of carbonyl (C=O) groups excluding carboxylic acids is 3. The van der Waals surface area contributed by atoms with Gasteiger partial charge in [-0.1, -0.05) is 18.2 Å². The number of nitrogens with one attached hydrogen (secondary N) is 2. The number of fused-ring (bicyclic) bond motifs is 2. The van der Waals surface area contributed by atoms with Crippen LogP contribution >= 0.6 is 0 Å². The Morgan fingerprint density at radius 3 is 2.44 bits per heavy atom. The number of nitrogens with zero attached hydrogens (tertiary/aromatic N) is 2. The molecule has 2 amide bonds. The Kier molecular flexibility index (Phi) is 8.35. The number of likely N-dealkylation sites (N-methyl/N-ethyl adjacent to an activating group) is 1. The molecule has 36 heavy (non-hydrogen) atoms. The third-order valence-corrected chi connectivity index (χ3v) is 6.11. The highest BCUT2D eigenvalue weighted by atomic mass is 19.4. The molecule has 2 aliphatic rings. The molecule has 2 aliphatic heterocycles. The van der Waals surface area contributed by atoms with Gasteiger partial charge in [-0.25, -0.2) is 4.79 Å². The Labute approximate surface area is 204 Å². The van der Waals surface area contributed by atoms with Crippen molar-refractivity contribution in [1.82, 2.24) is 20.1 Å². The van der Waals surface area contributed by atoms with E-state index in [4.69, 9.17) is 14.6 Å². The Balaban J connectivity index is 0.000000454. The van der Waals surface area contributed by atoms with Gasteiger partial charge in [-0.15, -0.1) is 0 Å². The summed E-state index contributed by atoms with van der Waals surface area (Å²) in [6.07, 6.45) is -2.23. The Hall–Kier alpha value is -3.45. The second kappa shape index (κ2) is 11.1. The molecule has 10 nitrogen and oxygen atoms in total. The van der Waals surface area contributed by atoms with Crippen LogP contribution in [0, 0.1) is 0 Å². The Morgan fingerprint density at radius 1 is 1.14 bits per heavy atom. The Bertz CT molecular complexity index is 1130. The fraction of sp³-hybridized carbons (Fsp3) is 0.478. The zero-order valence-electron chi connectivity index (χ0n) is 19.6. The monoisotopic (exact) mass is 512 g/mol. The predicted octanol–water partition coefficient (Wildman–Crippen LogP) is 1.74. The maximum atomic E-state index is 13.3. The van der Waals surface area contributed by atoms with Gasteiger partial charge < -0.3 is 25.4 Å². The lowest BCUT2D eigenvalue weighted by molar-refractivity contribution is -0.192. The lowest BCUT2D eigenvalue weighted by atomic mass is 10.1. The summed E-state index contributed by atoms with van der Waals surface area (Å²) in [4.78, 5) is 49.3. The van der Waals surface area contributed by atoms with Crippen molar-refractivity contribution >= 4 is 34.6 Å². The molecule has 0 radical (unpaired) electrons. The van der Waals surface area contributed by atoms with Crippen LogP contribution in [0.3, 0.4) is 0 Å². The second-order valence-electron chi connectivity index (χ2n) is 8.41. The van der Waals surface area contributed by atoms with E-state index in [9.17, 15) is 27.6 Å². The summed E-state index contributed by atoms with van der Waals surface area (Å²) >= 11 is 0.